The maximum atomic E-state index is 12.3. The predicted octanol–water partition coefficient (Wildman–Crippen LogP) is 4.00. The van der Waals surface area contributed by atoms with Gasteiger partial charge in [0.25, 0.3) is 0 Å². The van der Waals surface area contributed by atoms with E-state index in [9.17, 15) is 14.7 Å². The summed E-state index contributed by atoms with van der Waals surface area (Å²) in [5.41, 5.74) is 3.81. The summed E-state index contributed by atoms with van der Waals surface area (Å²) < 4.78 is 5.22. The van der Waals surface area contributed by atoms with Crippen molar-refractivity contribution in [2.45, 2.75) is 26.9 Å². The molecule has 0 saturated carbocycles. The van der Waals surface area contributed by atoms with Crippen LogP contribution in [-0.4, -0.2) is 22.0 Å². The van der Waals surface area contributed by atoms with E-state index in [0.717, 1.165) is 16.8 Å². The highest BCUT2D eigenvalue weighted by Crippen LogP contribution is 2.18. The number of carbonyl (C=O) groups is 2. The predicted molar refractivity (Wildman–Crippen MR) is 108 cm³/mol. The number of thiazole rings is 1. The van der Waals surface area contributed by atoms with Gasteiger partial charge in [-0.15, -0.1) is 11.3 Å². The Balaban J connectivity index is 1.53. The van der Waals surface area contributed by atoms with Crippen LogP contribution in [0.1, 0.15) is 32.2 Å². The summed E-state index contributed by atoms with van der Waals surface area (Å²) in [7, 11) is 0. The minimum atomic E-state index is -0.498. The number of amides is 1. The molecule has 1 heterocycles. The van der Waals surface area contributed by atoms with E-state index in [2.05, 4.69) is 10.3 Å². The number of phenols is 1. The normalized spacial score (nSPS) is 10.5. The Morgan fingerprint density at radius 2 is 1.89 bits per heavy atom. The van der Waals surface area contributed by atoms with Gasteiger partial charge in [-0.1, -0.05) is 12.1 Å². The van der Waals surface area contributed by atoms with Gasteiger partial charge in [0.15, 0.2) is 0 Å². The number of esters is 1. The maximum Gasteiger partial charge on any atom is 0.338 e. The van der Waals surface area contributed by atoms with Gasteiger partial charge in [0, 0.05) is 11.1 Å². The summed E-state index contributed by atoms with van der Waals surface area (Å²) in [4.78, 5) is 28.6. The number of ether oxygens (including phenoxy) is 1. The van der Waals surface area contributed by atoms with E-state index >= 15 is 0 Å². The van der Waals surface area contributed by atoms with E-state index in [-0.39, 0.29) is 24.7 Å². The topological polar surface area (TPSA) is 88.5 Å². The molecular weight excluding hydrogens is 376 g/mol. The van der Waals surface area contributed by atoms with Crippen LogP contribution in [0.3, 0.4) is 0 Å². The van der Waals surface area contributed by atoms with Crippen molar-refractivity contribution in [1.82, 2.24) is 4.98 Å². The van der Waals surface area contributed by atoms with E-state index < -0.39 is 5.97 Å². The number of benzene rings is 2. The summed E-state index contributed by atoms with van der Waals surface area (Å²) in [5, 5.41) is 14.6. The van der Waals surface area contributed by atoms with Crippen LogP contribution in [0.5, 0.6) is 5.75 Å². The molecule has 6 nitrogen and oxygen atoms in total. The first-order valence-electron chi connectivity index (χ1n) is 8.67. The van der Waals surface area contributed by atoms with E-state index in [1.165, 1.54) is 35.6 Å². The maximum absolute atomic E-state index is 12.3. The van der Waals surface area contributed by atoms with Gasteiger partial charge in [-0.3, -0.25) is 4.79 Å². The Morgan fingerprint density at radius 1 is 1.14 bits per heavy atom. The third-order valence-corrected chi connectivity index (χ3v) is 4.93. The monoisotopic (exact) mass is 396 g/mol. The van der Waals surface area contributed by atoms with Crippen molar-refractivity contribution in [2.75, 3.05) is 5.32 Å². The molecule has 0 unspecified atom stereocenters. The lowest BCUT2D eigenvalue weighted by atomic mass is 10.1. The summed E-state index contributed by atoms with van der Waals surface area (Å²) >= 11 is 1.35. The van der Waals surface area contributed by atoms with Gasteiger partial charge in [-0.05, 0) is 55.3 Å². The Morgan fingerprint density at radius 3 is 2.64 bits per heavy atom. The first-order valence-corrected chi connectivity index (χ1v) is 9.55. The number of nitrogens with zero attached hydrogens (tertiary/aromatic N) is 1. The first kappa shape index (κ1) is 19.6. The number of aryl methyl sites for hydroxylation is 2. The summed E-state index contributed by atoms with van der Waals surface area (Å²) in [5.74, 6) is -0.558. The third-order valence-electron chi connectivity index (χ3n) is 4.03. The van der Waals surface area contributed by atoms with Crippen LogP contribution in [0.25, 0.3) is 0 Å². The Labute approximate surface area is 166 Å². The summed E-state index contributed by atoms with van der Waals surface area (Å²) in [6, 6.07) is 11.7. The van der Waals surface area contributed by atoms with Gasteiger partial charge in [-0.25, -0.2) is 9.78 Å². The van der Waals surface area contributed by atoms with Gasteiger partial charge < -0.3 is 15.2 Å². The highest BCUT2D eigenvalue weighted by atomic mass is 32.1. The fourth-order valence-corrected chi connectivity index (χ4v) is 3.30. The van der Waals surface area contributed by atoms with Crippen molar-refractivity contribution in [1.29, 1.82) is 0 Å². The molecule has 3 rings (SSSR count). The van der Waals surface area contributed by atoms with Crippen molar-refractivity contribution >= 4 is 28.9 Å². The number of aromatic nitrogens is 1. The molecule has 3 aromatic rings. The van der Waals surface area contributed by atoms with E-state index in [4.69, 9.17) is 4.74 Å². The number of rotatable bonds is 6. The molecule has 7 heteroatoms. The van der Waals surface area contributed by atoms with Crippen LogP contribution >= 0.6 is 11.3 Å². The molecule has 0 aliphatic rings. The van der Waals surface area contributed by atoms with Gasteiger partial charge >= 0.3 is 5.97 Å². The Bertz CT molecular complexity index is 996. The zero-order valence-electron chi connectivity index (χ0n) is 15.6. The number of aromatic hydroxyl groups is 1. The van der Waals surface area contributed by atoms with Crippen LogP contribution in [0.15, 0.2) is 47.8 Å². The average Bonchev–Trinajstić information content (AvgIpc) is 3.10. The van der Waals surface area contributed by atoms with Crippen LogP contribution in [-0.2, 0) is 22.6 Å². The average molecular weight is 396 g/mol. The summed E-state index contributed by atoms with van der Waals surface area (Å²) in [6.45, 7) is 3.94. The zero-order chi connectivity index (χ0) is 20.1. The SMILES string of the molecule is Cc1ccc(C)c(NC(=O)Cc2nc(COC(=O)c3ccc(O)cc3)cs2)c1. The second-order valence-electron chi connectivity index (χ2n) is 6.40. The fraction of sp³-hybridized carbons (Fsp3) is 0.190. The van der Waals surface area contributed by atoms with Gasteiger partial charge in [0.2, 0.25) is 5.91 Å². The molecule has 0 fully saturated rings. The first-order chi connectivity index (χ1) is 13.4. The quantitative estimate of drug-likeness (QED) is 0.615. The smallest absolute Gasteiger partial charge is 0.338 e. The molecule has 144 valence electrons. The second-order valence-corrected chi connectivity index (χ2v) is 7.34. The van der Waals surface area contributed by atoms with Crippen molar-refractivity contribution in [3.63, 3.8) is 0 Å². The van der Waals surface area contributed by atoms with E-state index in [0.29, 0.717) is 16.3 Å². The molecule has 0 aliphatic carbocycles. The molecule has 1 aromatic heterocycles. The molecule has 2 N–H and O–H groups in total. The van der Waals surface area contributed by atoms with Gasteiger partial charge in [0.1, 0.15) is 17.4 Å². The van der Waals surface area contributed by atoms with Gasteiger partial charge in [0.05, 0.1) is 17.7 Å². The number of nitrogens with one attached hydrogen (secondary N) is 1. The molecule has 0 radical (unpaired) electrons. The van der Waals surface area contributed by atoms with Crippen molar-refractivity contribution in [3.8, 4) is 5.75 Å². The van der Waals surface area contributed by atoms with Crippen LogP contribution in [0, 0.1) is 13.8 Å². The Kier molecular flexibility index (Phi) is 6.06. The number of hydrogen-bond donors (Lipinski definition) is 2. The largest absolute Gasteiger partial charge is 0.508 e. The van der Waals surface area contributed by atoms with Crippen LogP contribution in [0.2, 0.25) is 0 Å². The minimum Gasteiger partial charge on any atom is -0.508 e. The third kappa shape index (κ3) is 5.17. The zero-order valence-corrected chi connectivity index (χ0v) is 16.4. The number of anilines is 1. The Hall–Kier alpha value is -3.19. The van der Waals surface area contributed by atoms with Crippen molar-refractivity contribution < 1.29 is 19.4 Å². The number of hydrogen-bond acceptors (Lipinski definition) is 6. The molecular formula is C21H20N2O4S. The fourth-order valence-electron chi connectivity index (χ4n) is 2.52. The molecule has 0 spiro atoms. The van der Waals surface area contributed by atoms with Crippen molar-refractivity contribution in [2.24, 2.45) is 0 Å². The minimum absolute atomic E-state index is 0.0226. The molecule has 0 saturated heterocycles. The molecule has 28 heavy (non-hydrogen) atoms. The highest BCUT2D eigenvalue weighted by Gasteiger charge is 2.12. The number of carbonyl (C=O) groups excluding carboxylic acids is 2. The second kappa shape index (κ2) is 8.67. The van der Waals surface area contributed by atoms with Crippen LogP contribution in [0.4, 0.5) is 5.69 Å². The van der Waals surface area contributed by atoms with Gasteiger partial charge in [-0.2, -0.15) is 0 Å². The lowest BCUT2D eigenvalue weighted by molar-refractivity contribution is -0.115. The lowest BCUT2D eigenvalue weighted by Crippen LogP contribution is -2.15. The lowest BCUT2D eigenvalue weighted by Gasteiger charge is -2.08. The molecule has 0 bridgehead atoms. The highest BCUT2D eigenvalue weighted by molar-refractivity contribution is 7.09. The molecule has 0 aliphatic heterocycles. The van der Waals surface area contributed by atoms with E-state index in [1.54, 1.807) is 5.38 Å². The molecule has 2 aromatic carbocycles. The van der Waals surface area contributed by atoms with Crippen LogP contribution < -0.4 is 5.32 Å². The molecule has 0 atom stereocenters. The van der Waals surface area contributed by atoms with Crippen molar-refractivity contribution in [3.05, 3.63) is 75.2 Å². The van der Waals surface area contributed by atoms with E-state index in [1.807, 2.05) is 32.0 Å². The molecule has 1 amide bonds. The standard InChI is InChI=1S/C21H20N2O4S/c1-13-3-4-14(2)18(9-13)23-19(25)10-20-22-16(12-28-20)11-27-21(26)15-5-7-17(24)8-6-15/h3-9,12,24H,10-11H2,1-2H3,(H,23,25). The summed E-state index contributed by atoms with van der Waals surface area (Å²) in [6.07, 6.45) is 0.157. The number of phenolic OH excluding ortho intramolecular Hbond substituents is 1.